The number of benzene rings is 3. The predicted octanol–water partition coefficient (Wildman–Crippen LogP) is 5.35. The van der Waals surface area contributed by atoms with Crippen molar-refractivity contribution in [2.24, 2.45) is 0 Å². The molecule has 10 heteroatoms. The number of rotatable bonds is 8. The molecule has 1 unspecified atom stereocenters. The fourth-order valence-electron chi connectivity index (χ4n) is 4.23. The Bertz CT molecular complexity index is 1650. The van der Waals surface area contributed by atoms with Crippen LogP contribution in [-0.2, 0) is 24.3 Å². The molecule has 3 aromatic carbocycles. The Hall–Kier alpha value is -3.60. The van der Waals surface area contributed by atoms with E-state index in [0.29, 0.717) is 16.8 Å². The zero-order valence-corrected chi connectivity index (χ0v) is 24.3. The first-order valence-electron chi connectivity index (χ1n) is 12.4. The van der Waals surface area contributed by atoms with Crippen LogP contribution in [0.4, 0.5) is 5.69 Å². The molecule has 204 valence electrons. The molecule has 0 aliphatic carbocycles. The topological polar surface area (TPSA) is 114 Å². The molecule has 0 saturated heterocycles. The van der Waals surface area contributed by atoms with Gasteiger partial charge in [-0.3, -0.25) is 9.59 Å². The highest BCUT2D eigenvalue weighted by molar-refractivity contribution is 7.89. The lowest BCUT2D eigenvalue weighted by atomic mass is 10.0. The number of aryl methyl sites for hydroxylation is 3. The summed E-state index contributed by atoms with van der Waals surface area (Å²) in [5.41, 5.74) is 6.50. The molecular weight excluding hydrogens is 534 g/mol. The quantitative estimate of drug-likeness (QED) is 0.278. The summed E-state index contributed by atoms with van der Waals surface area (Å²) in [6, 6.07) is 14.1. The molecule has 0 spiro atoms. The highest BCUT2D eigenvalue weighted by Gasteiger charge is 2.27. The Morgan fingerprint density at radius 3 is 2.23 bits per heavy atom. The number of hydrogen-bond donors (Lipinski definition) is 2. The van der Waals surface area contributed by atoms with Crippen LogP contribution in [0.1, 0.15) is 34.7 Å². The highest BCUT2D eigenvalue weighted by atomic mass is 32.2. The Kier molecular flexibility index (Phi) is 8.20. The van der Waals surface area contributed by atoms with Crippen molar-refractivity contribution < 1.29 is 22.7 Å². The van der Waals surface area contributed by atoms with Gasteiger partial charge in [-0.1, -0.05) is 12.1 Å². The molecule has 0 aliphatic rings. The molecule has 1 atom stereocenters. The Labute approximate surface area is 232 Å². The van der Waals surface area contributed by atoms with Crippen molar-refractivity contribution in [3.8, 4) is 10.6 Å². The van der Waals surface area contributed by atoms with Crippen LogP contribution >= 0.6 is 11.3 Å². The third kappa shape index (κ3) is 6.35. The SMILES string of the molecule is Cc1ccc2nc(-c3ccc(NC(=O)COC(=O)C(C)NS(=O)(=O)c4c(C)c(C)cc(C)c4C)cc3)sc2c1. The maximum absolute atomic E-state index is 13.1. The molecular formula is C29H31N3O5S2. The van der Waals surface area contributed by atoms with Crippen molar-refractivity contribution in [1.82, 2.24) is 9.71 Å². The van der Waals surface area contributed by atoms with Crippen molar-refractivity contribution in [1.29, 1.82) is 0 Å². The molecule has 2 N–H and O–H groups in total. The third-order valence-electron chi connectivity index (χ3n) is 6.56. The summed E-state index contributed by atoms with van der Waals surface area (Å²) < 4.78 is 34.7. The molecule has 0 aliphatic heterocycles. The van der Waals surface area contributed by atoms with Crippen LogP contribution in [0.5, 0.6) is 0 Å². The van der Waals surface area contributed by atoms with E-state index in [1.165, 1.54) is 12.5 Å². The van der Waals surface area contributed by atoms with Gasteiger partial charge in [0.25, 0.3) is 5.91 Å². The molecule has 0 fully saturated rings. The number of esters is 1. The first-order chi connectivity index (χ1) is 18.4. The first kappa shape index (κ1) is 28.4. The van der Waals surface area contributed by atoms with E-state index in [0.717, 1.165) is 31.9 Å². The number of thiazole rings is 1. The lowest BCUT2D eigenvalue weighted by Crippen LogP contribution is -2.41. The van der Waals surface area contributed by atoms with Crippen molar-refractivity contribution in [3.63, 3.8) is 0 Å². The second-order valence-electron chi connectivity index (χ2n) is 9.66. The monoisotopic (exact) mass is 565 g/mol. The van der Waals surface area contributed by atoms with Gasteiger partial charge in [0.2, 0.25) is 10.0 Å². The number of nitrogens with zero attached hydrogens (tertiary/aromatic N) is 1. The number of fused-ring (bicyclic) bond motifs is 1. The number of aromatic nitrogens is 1. The van der Waals surface area contributed by atoms with E-state index in [9.17, 15) is 18.0 Å². The Morgan fingerprint density at radius 1 is 0.949 bits per heavy atom. The van der Waals surface area contributed by atoms with Crippen LogP contribution in [0.25, 0.3) is 20.8 Å². The summed E-state index contributed by atoms with van der Waals surface area (Å²) in [5.74, 6) is -1.39. The fraction of sp³-hybridized carbons (Fsp3) is 0.276. The van der Waals surface area contributed by atoms with E-state index in [4.69, 9.17) is 4.74 Å². The molecule has 39 heavy (non-hydrogen) atoms. The molecule has 4 rings (SSSR count). The zero-order valence-electron chi connectivity index (χ0n) is 22.7. The van der Waals surface area contributed by atoms with Gasteiger partial charge in [0.15, 0.2) is 6.61 Å². The average Bonchev–Trinajstić information content (AvgIpc) is 3.29. The average molecular weight is 566 g/mol. The van der Waals surface area contributed by atoms with Crippen LogP contribution < -0.4 is 10.0 Å². The van der Waals surface area contributed by atoms with Gasteiger partial charge < -0.3 is 10.1 Å². The third-order valence-corrected chi connectivity index (χ3v) is 9.44. The van der Waals surface area contributed by atoms with Gasteiger partial charge >= 0.3 is 5.97 Å². The molecule has 1 aromatic heterocycles. The Morgan fingerprint density at radius 2 is 1.59 bits per heavy atom. The summed E-state index contributed by atoms with van der Waals surface area (Å²) in [6.45, 7) is 10.0. The minimum Gasteiger partial charge on any atom is -0.454 e. The number of sulfonamides is 1. The largest absolute Gasteiger partial charge is 0.454 e. The zero-order chi connectivity index (χ0) is 28.5. The molecule has 8 nitrogen and oxygen atoms in total. The number of ether oxygens (including phenoxy) is 1. The summed E-state index contributed by atoms with van der Waals surface area (Å²) in [4.78, 5) is 29.7. The van der Waals surface area contributed by atoms with Gasteiger partial charge in [0, 0.05) is 11.3 Å². The van der Waals surface area contributed by atoms with Gasteiger partial charge in [-0.05, 0) is 106 Å². The van der Waals surface area contributed by atoms with Gasteiger partial charge in [-0.25, -0.2) is 13.4 Å². The maximum atomic E-state index is 13.1. The number of hydrogen-bond acceptors (Lipinski definition) is 7. The number of amides is 1. The summed E-state index contributed by atoms with van der Waals surface area (Å²) in [6.07, 6.45) is 0. The number of carbonyl (C=O) groups excluding carboxylic acids is 2. The molecule has 0 radical (unpaired) electrons. The molecule has 0 saturated carbocycles. The second-order valence-corrected chi connectivity index (χ2v) is 12.3. The van der Waals surface area contributed by atoms with Crippen LogP contribution in [0.15, 0.2) is 53.4 Å². The summed E-state index contributed by atoms with van der Waals surface area (Å²) in [7, 11) is -3.99. The van der Waals surface area contributed by atoms with Gasteiger partial charge in [0.05, 0.1) is 15.1 Å². The lowest BCUT2D eigenvalue weighted by Gasteiger charge is -2.18. The van der Waals surface area contributed by atoms with Gasteiger partial charge in [0.1, 0.15) is 11.0 Å². The summed E-state index contributed by atoms with van der Waals surface area (Å²) in [5, 5.41) is 3.56. The van der Waals surface area contributed by atoms with E-state index in [1.54, 1.807) is 37.3 Å². The smallest absolute Gasteiger partial charge is 0.324 e. The Balaban J connectivity index is 1.33. The lowest BCUT2D eigenvalue weighted by molar-refractivity contribution is -0.148. The van der Waals surface area contributed by atoms with E-state index in [1.807, 2.05) is 51.1 Å². The number of nitrogens with one attached hydrogen (secondary N) is 2. The summed E-state index contributed by atoms with van der Waals surface area (Å²) >= 11 is 1.60. The van der Waals surface area contributed by atoms with Crippen LogP contribution in [0, 0.1) is 34.6 Å². The minimum atomic E-state index is -3.99. The van der Waals surface area contributed by atoms with E-state index in [-0.39, 0.29) is 4.90 Å². The molecule has 0 bridgehead atoms. The standard InChI is InChI=1S/C29H31N3O5S2/c1-16-7-12-24-25(13-16)38-28(31-24)22-8-10-23(11-9-22)30-26(33)15-37-29(34)21(6)32-39(35,36)27-19(4)17(2)14-18(3)20(27)5/h7-14,21,32H,15H2,1-6H3,(H,30,33). The van der Waals surface area contributed by atoms with Gasteiger partial charge in [-0.15, -0.1) is 11.3 Å². The second kappa shape index (κ2) is 11.3. The number of anilines is 1. The van der Waals surface area contributed by atoms with Crippen molar-refractivity contribution in [3.05, 3.63) is 76.3 Å². The minimum absolute atomic E-state index is 0.154. The molecule has 1 heterocycles. The van der Waals surface area contributed by atoms with Crippen molar-refractivity contribution in [2.75, 3.05) is 11.9 Å². The van der Waals surface area contributed by atoms with Crippen LogP contribution in [0.3, 0.4) is 0 Å². The number of carbonyl (C=O) groups is 2. The van der Waals surface area contributed by atoms with Crippen molar-refractivity contribution >= 4 is 49.1 Å². The van der Waals surface area contributed by atoms with E-state index < -0.39 is 34.5 Å². The maximum Gasteiger partial charge on any atom is 0.324 e. The predicted molar refractivity (Wildman–Crippen MR) is 155 cm³/mol. The van der Waals surface area contributed by atoms with Gasteiger partial charge in [-0.2, -0.15) is 4.72 Å². The van der Waals surface area contributed by atoms with Crippen LogP contribution in [-0.4, -0.2) is 37.9 Å². The first-order valence-corrected chi connectivity index (χ1v) is 14.7. The van der Waals surface area contributed by atoms with E-state index in [2.05, 4.69) is 21.1 Å². The molecule has 4 aromatic rings. The van der Waals surface area contributed by atoms with Crippen molar-refractivity contribution in [2.45, 2.75) is 52.5 Å². The highest BCUT2D eigenvalue weighted by Crippen LogP contribution is 2.31. The van der Waals surface area contributed by atoms with E-state index >= 15 is 0 Å². The fourth-order valence-corrected chi connectivity index (χ4v) is 7.11. The molecule has 1 amide bonds. The normalized spacial score (nSPS) is 12.4. The van der Waals surface area contributed by atoms with Crippen LogP contribution in [0.2, 0.25) is 0 Å².